The smallest absolute Gasteiger partial charge is 0.0178 e. The normalized spacial score (nSPS) is 19.9. The molecule has 0 aliphatic heterocycles. The van der Waals surface area contributed by atoms with E-state index in [-0.39, 0.29) is 0 Å². The summed E-state index contributed by atoms with van der Waals surface area (Å²) in [5.41, 5.74) is 3.09. The lowest BCUT2D eigenvalue weighted by atomic mass is 9.87. The minimum absolute atomic E-state index is 0.747. The highest BCUT2D eigenvalue weighted by Gasteiger charge is 2.22. The van der Waals surface area contributed by atoms with Crippen molar-refractivity contribution in [2.24, 2.45) is 0 Å². The van der Waals surface area contributed by atoms with Crippen molar-refractivity contribution in [2.45, 2.75) is 39.2 Å². The summed E-state index contributed by atoms with van der Waals surface area (Å²) in [6.45, 7) is 6.87. The van der Waals surface area contributed by atoms with Crippen molar-refractivity contribution in [1.29, 1.82) is 0 Å². The molecule has 1 aromatic rings. The third-order valence-corrected chi connectivity index (χ3v) is 4.19. The fourth-order valence-electron chi connectivity index (χ4n) is 2.76. The highest BCUT2D eigenvalue weighted by molar-refractivity contribution is 9.10. The Kier molecular flexibility index (Phi) is 4.04. The van der Waals surface area contributed by atoms with Gasteiger partial charge in [0, 0.05) is 10.5 Å². The van der Waals surface area contributed by atoms with Crippen LogP contribution in [-0.4, -0.2) is 24.0 Å². The van der Waals surface area contributed by atoms with Crippen molar-refractivity contribution in [3.8, 4) is 0 Å². The number of hydrogen-bond donors (Lipinski definition) is 0. The van der Waals surface area contributed by atoms with E-state index in [1.807, 2.05) is 0 Å². The number of rotatable bonds is 3. The maximum absolute atomic E-state index is 3.57. The lowest BCUT2D eigenvalue weighted by Gasteiger charge is -2.33. The molecule has 0 aromatic heterocycles. The van der Waals surface area contributed by atoms with Crippen molar-refractivity contribution in [3.63, 3.8) is 0 Å². The van der Waals surface area contributed by atoms with Gasteiger partial charge in [-0.1, -0.05) is 35.8 Å². The van der Waals surface area contributed by atoms with Gasteiger partial charge in [-0.3, -0.25) is 0 Å². The summed E-state index contributed by atoms with van der Waals surface area (Å²) >= 11 is 3.57. The zero-order valence-electron chi connectivity index (χ0n) is 10.2. The van der Waals surface area contributed by atoms with E-state index in [0.717, 1.165) is 6.04 Å². The maximum Gasteiger partial charge on any atom is 0.0178 e. The fourth-order valence-corrected chi connectivity index (χ4v) is 3.17. The van der Waals surface area contributed by atoms with Crippen LogP contribution in [0.25, 0.3) is 0 Å². The van der Waals surface area contributed by atoms with Crippen molar-refractivity contribution >= 4 is 15.9 Å². The van der Waals surface area contributed by atoms with Gasteiger partial charge in [-0.2, -0.15) is 0 Å². The minimum atomic E-state index is 0.747. The van der Waals surface area contributed by atoms with Crippen LogP contribution in [0.1, 0.15) is 31.4 Å². The Morgan fingerprint density at radius 3 is 2.69 bits per heavy atom. The molecule has 1 unspecified atom stereocenters. The first-order valence-electron chi connectivity index (χ1n) is 6.26. The quantitative estimate of drug-likeness (QED) is 0.818. The van der Waals surface area contributed by atoms with Crippen LogP contribution < -0.4 is 0 Å². The zero-order valence-corrected chi connectivity index (χ0v) is 11.8. The highest BCUT2D eigenvalue weighted by Crippen LogP contribution is 2.27. The van der Waals surface area contributed by atoms with Crippen LogP contribution in [0.3, 0.4) is 0 Å². The average Bonchev–Trinajstić information content (AvgIpc) is 2.30. The molecule has 0 radical (unpaired) electrons. The first-order valence-corrected chi connectivity index (χ1v) is 7.05. The van der Waals surface area contributed by atoms with Crippen LogP contribution >= 0.6 is 15.9 Å². The zero-order chi connectivity index (χ0) is 11.5. The molecule has 1 aliphatic carbocycles. The maximum atomic E-state index is 3.57. The fraction of sp³-hybridized carbons (Fsp3) is 0.571. The molecule has 16 heavy (non-hydrogen) atoms. The molecule has 1 atom stereocenters. The van der Waals surface area contributed by atoms with Crippen molar-refractivity contribution in [1.82, 2.24) is 4.90 Å². The topological polar surface area (TPSA) is 3.24 Å². The molecular formula is C14H20BrN. The Morgan fingerprint density at radius 1 is 1.25 bits per heavy atom. The number of hydrogen-bond acceptors (Lipinski definition) is 1. The minimum Gasteiger partial charge on any atom is -0.301 e. The molecular weight excluding hydrogens is 262 g/mol. The number of aryl methyl sites for hydroxylation is 1. The van der Waals surface area contributed by atoms with Crippen LogP contribution in [0.4, 0.5) is 0 Å². The van der Waals surface area contributed by atoms with Gasteiger partial charge in [0.25, 0.3) is 0 Å². The summed E-state index contributed by atoms with van der Waals surface area (Å²) in [5.74, 6) is 0. The van der Waals surface area contributed by atoms with Gasteiger partial charge in [0.1, 0.15) is 0 Å². The van der Waals surface area contributed by atoms with E-state index in [1.54, 1.807) is 5.56 Å². The summed E-state index contributed by atoms with van der Waals surface area (Å²) in [6.07, 6.45) is 3.77. The molecule has 2 heteroatoms. The molecule has 0 saturated heterocycles. The second-order valence-electron chi connectivity index (χ2n) is 4.53. The molecule has 0 N–H and O–H groups in total. The second-order valence-corrected chi connectivity index (χ2v) is 5.45. The number of halogens is 1. The van der Waals surface area contributed by atoms with Crippen LogP contribution in [0.2, 0.25) is 0 Å². The van der Waals surface area contributed by atoms with E-state index in [4.69, 9.17) is 0 Å². The molecule has 2 rings (SSSR count). The third-order valence-electron chi connectivity index (χ3n) is 3.70. The number of likely N-dealkylation sites (N-methyl/N-ethyl adjacent to an activating group) is 1. The summed E-state index contributed by atoms with van der Waals surface area (Å²) in [5, 5.41) is 0. The largest absolute Gasteiger partial charge is 0.301 e. The number of nitrogens with zero attached hydrogens (tertiary/aromatic N) is 1. The van der Waals surface area contributed by atoms with Crippen LogP contribution in [0.5, 0.6) is 0 Å². The number of fused-ring (bicyclic) bond motifs is 1. The van der Waals surface area contributed by atoms with Crippen molar-refractivity contribution in [2.75, 3.05) is 13.1 Å². The van der Waals surface area contributed by atoms with Crippen molar-refractivity contribution < 1.29 is 0 Å². The average molecular weight is 282 g/mol. The van der Waals surface area contributed by atoms with E-state index in [2.05, 4.69) is 52.9 Å². The van der Waals surface area contributed by atoms with Gasteiger partial charge >= 0.3 is 0 Å². The lowest BCUT2D eigenvalue weighted by Crippen LogP contribution is -2.39. The molecule has 1 aromatic carbocycles. The van der Waals surface area contributed by atoms with Gasteiger partial charge in [-0.05, 0) is 55.6 Å². The Bertz CT molecular complexity index is 358. The summed E-state index contributed by atoms with van der Waals surface area (Å²) in [4.78, 5) is 2.59. The Hall–Kier alpha value is -0.340. The van der Waals surface area contributed by atoms with Crippen molar-refractivity contribution in [3.05, 3.63) is 33.8 Å². The predicted molar refractivity (Wildman–Crippen MR) is 72.9 cm³/mol. The van der Waals surface area contributed by atoms with Gasteiger partial charge in [0.2, 0.25) is 0 Å². The van der Waals surface area contributed by atoms with Gasteiger partial charge in [-0.25, -0.2) is 0 Å². The first-order chi connectivity index (χ1) is 7.74. The predicted octanol–water partition coefficient (Wildman–Crippen LogP) is 3.65. The molecule has 0 saturated carbocycles. The van der Waals surface area contributed by atoms with Crippen LogP contribution in [0, 0.1) is 0 Å². The Labute approximate surface area is 107 Å². The lowest BCUT2D eigenvalue weighted by molar-refractivity contribution is 0.199. The third kappa shape index (κ3) is 2.49. The standard InChI is InChI=1S/C14H20BrN/c1-3-16(4-2)14-8-6-11-5-7-13(15)9-12(11)10-14/h5,7,9,14H,3-4,6,8,10H2,1-2H3. The van der Waals surface area contributed by atoms with Gasteiger partial charge in [0.15, 0.2) is 0 Å². The monoisotopic (exact) mass is 281 g/mol. The summed E-state index contributed by atoms with van der Waals surface area (Å²) in [6, 6.07) is 7.48. The van der Waals surface area contributed by atoms with Crippen LogP contribution in [0.15, 0.2) is 22.7 Å². The molecule has 0 heterocycles. The van der Waals surface area contributed by atoms with E-state index in [0.29, 0.717) is 0 Å². The molecule has 0 amide bonds. The van der Waals surface area contributed by atoms with E-state index in [9.17, 15) is 0 Å². The molecule has 88 valence electrons. The van der Waals surface area contributed by atoms with Gasteiger partial charge in [0.05, 0.1) is 0 Å². The highest BCUT2D eigenvalue weighted by atomic mass is 79.9. The summed E-state index contributed by atoms with van der Waals surface area (Å²) < 4.78 is 1.21. The van der Waals surface area contributed by atoms with E-state index >= 15 is 0 Å². The van der Waals surface area contributed by atoms with Crippen LogP contribution in [-0.2, 0) is 12.8 Å². The molecule has 0 bridgehead atoms. The van der Waals surface area contributed by atoms with E-state index in [1.165, 1.54) is 42.4 Å². The second kappa shape index (κ2) is 5.33. The first kappa shape index (κ1) is 12.1. The molecule has 1 nitrogen and oxygen atoms in total. The Morgan fingerprint density at radius 2 is 2.00 bits per heavy atom. The molecule has 0 spiro atoms. The SMILES string of the molecule is CCN(CC)C1CCc2ccc(Br)cc2C1. The molecule has 0 fully saturated rings. The van der Waals surface area contributed by atoms with Gasteiger partial charge < -0.3 is 4.90 Å². The molecule has 1 aliphatic rings. The van der Waals surface area contributed by atoms with Gasteiger partial charge in [-0.15, -0.1) is 0 Å². The summed E-state index contributed by atoms with van der Waals surface area (Å²) in [7, 11) is 0. The Balaban J connectivity index is 2.16. The van der Waals surface area contributed by atoms with E-state index < -0.39 is 0 Å². The number of benzene rings is 1.